The lowest BCUT2D eigenvalue weighted by molar-refractivity contribution is 0.810. The Kier molecular flexibility index (Phi) is 3.64. The quantitative estimate of drug-likeness (QED) is 0.731. The van der Waals surface area contributed by atoms with E-state index in [2.05, 4.69) is 31.8 Å². The molecule has 0 saturated heterocycles. The summed E-state index contributed by atoms with van der Waals surface area (Å²) in [6.45, 7) is 6.38. The van der Waals surface area contributed by atoms with Crippen molar-refractivity contribution in [2.24, 2.45) is 0 Å². The van der Waals surface area contributed by atoms with Crippen molar-refractivity contribution in [3.8, 4) is 6.07 Å². The van der Waals surface area contributed by atoms with Gasteiger partial charge in [0, 0.05) is 12.4 Å². The Labute approximate surface area is 85.6 Å². The van der Waals surface area contributed by atoms with Gasteiger partial charge in [0.25, 0.3) is 0 Å². The maximum absolute atomic E-state index is 8.97. The van der Waals surface area contributed by atoms with Gasteiger partial charge >= 0.3 is 0 Å². The minimum absolute atomic E-state index is 0.397. The van der Waals surface area contributed by atoms with Crippen LogP contribution < -0.4 is 0 Å². The maximum atomic E-state index is 8.97. The van der Waals surface area contributed by atoms with Crippen LogP contribution in [0.2, 0.25) is 0 Å². The van der Waals surface area contributed by atoms with Crippen molar-refractivity contribution >= 4 is 0 Å². The maximum Gasteiger partial charge on any atom is 0.101 e. The molecule has 0 fully saturated rings. The summed E-state index contributed by atoms with van der Waals surface area (Å²) in [5.74, 6) is 0.397. The lowest BCUT2D eigenvalue weighted by Gasteiger charge is -2.12. The van der Waals surface area contributed by atoms with E-state index < -0.39 is 0 Å². The lowest BCUT2D eigenvalue weighted by atomic mass is 9.93. The molecule has 0 aliphatic heterocycles. The Morgan fingerprint density at radius 3 is 2.64 bits per heavy atom. The Balaban J connectivity index is 3.22. The highest BCUT2D eigenvalue weighted by Gasteiger charge is 2.11. The molecule has 2 heteroatoms. The van der Waals surface area contributed by atoms with Gasteiger partial charge in [-0.25, -0.2) is 0 Å². The van der Waals surface area contributed by atoms with Gasteiger partial charge in [-0.15, -0.1) is 0 Å². The average molecular weight is 188 g/mol. The van der Waals surface area contributed by atoms with Crippen molar-refractivity contribution in [1.29, 1.82) is 5.26 Å². The number of hydrogen-bond donors (Lipinski definition) is 0. The van der Waals surface area contributed by atoms with Gasteiger partial charge in [-0.05, 0) is 23.5 Å². The Hall–Kier alpha value is -1.36. The van der Waals surface area contributed by atoms with Gasteiger partial charge < -0.3 is 0 Å². The molecule has 0 spiro atoms. The molecule has 2 nitrogen and oxygen atoms in total. The molecule has 0 atom stereocenters. The van der Waals surface area contributed by atoms with Gasteiger partial charge in [0.15, 0.2) is 0 Å². The zero-order chi connectivity index (χ0) is 10.6. The lowest BCUT2D eigenvalue weighted by Crippen LogP contribution is -2.01. The number of nitriles is 1. The molecule has 0 unspecified atom stereocenters. The fourth-order valence-electron chi connectivity index (χ4n) is 1.75. The van der Waals surface area contributed by atoms with E-state index in [1.165, 1.54) is 11.1 Å². The second-order valence-electron chi connectivity index (χ2n) is 3.78. The molecule has 74 valence electrons. The minimum atomic E-state index is 0.397. The van der Waals surface area contributed by atoms with Crippen molar-refractivity contribution in [2.45, 2.75) is 39.5 Å². The first-order valence-electron chi connectivity index (χ1n) is 5.07. The predicted molar refractivity (Wildman–Crippen MR) is 57.0 cm³/mol. The van der Waals surface area contributed by atoms with Gasteiger partial charge in [0.2, 0.25) is 0 Å². The Morgan fingerprint density at radius 1 is 1.43 bits per heavy atom. The smallest absolute Gasteiger partial charge is 0.101 e. The number of hydrogen-bond acceptors (Lipinski definition) is 2. The fraction of sp³-hybridized carbons (Fsp3) is 0.500. The molecule has 0 aliphatic rings. The molecule has 1 aromatic rings. The molecule has 1 aromatic heterocycles. The van der Waals surface area contributed by atoms with Crippen LogP contribution in [0.5, 0.6) is 0 Å². The van der Waals surface area contributed by atoms with Crippen LogP contribution >= 0.6 is 0 Å². The van der Waals surface area contributed by atoms with Crippen molar-refractivity contribution < 1.29 is 0 Å². The predicted octanol–water partition coefficient (Wildman–Crippen LogP) is 3.03. The minimum Gasteiger partial charge on any atom is -0.263 e. The Morgan fingerprint density at radius 2 is 2.14 bits per heavy atom. The highest BCUT2D eigenvalue weighted by Crippen LogP contribution is 2.23. The van der Waals surface area contributed by atoms with Crippen LogP contribution in [0.4, 0.5) is 0 Å². The van der Waals surface area contributed by atoms with Crippen LogP contribution in [0, 0.1) is 11.3 Å². The van der Waals surface area contributed by atoms with Crippen LogP contribution in [0.1, 0.15) is 49.8 Å². The highest BCUT2D eigenvalue weighted by molar-refractivity contribution is 5.42. The summed E-state index contributed by atoms with van der Waals surface area (Å²) < 4.78 is 0. The molecule has 0 bridgehead atoms. The van der Waals surface area contributed by atoms with Gasteiger partial charge in [0.05, 0.1) is 5.56 Å². The first-order chi connectivity index (χ1) is 6.70. The van der Waals surface area contributed by atoms with Crippen LogP contribution in [-0.2, 0) is 6.42 Å². The van der Waals surface area contributed by atoms with Crippen molar-refractivity contribution in [2.75, 3.05) is 0 Å². The van der Waals surface area contributed by atoms with E-state index in [9.17, 15) is 0 Å². The third kappa shape index (κ3) is 2.11. The number of nitrogens with zero attached hydrogens (tertiary/aromatic N) is 2. The molecule has 0 amide bonds. The molecule has 0 N–H and O–H groups in total. The summed E-state index contributed by atoms with van der Waals surface area (Å²) in [4.78, 5) is 4.09. The summed E-state index contributed by atoms with van der Waals surface area (Å²) >= 11 is 0. The molecular weight excluding hydrogens is 172 g/mol. The zero-order valence-corrected chi connectivity index (χ0v) is 9.04. The summed E-state index contributed by atoms with van der Waals surface area (Å²) in [6, 6.07) is 2.21. The molecule has 0 saturated carbocycles. The standard InChI is InChI=1S/C12H16N2/c1-4-5-10-7-14-8-11(6-13)12(10)9(2)3/h7-9H,4-5H2,1-3H3. The number of aryl methyl sites for hydroxylation is 1. The zero-order valence-electron chi connectivity index (χ0n) is 9.04. The van der Waals surface area contributed by atoms with Crippen molar-refractivity contribution in [3.05, 3.63) is 29.1 Å². The van der Waals surface area contributed by atoms with E-state index in [1.807, 2.05) is 6.20 Å². The molecule has 1 heterocycles. The van der Waals surface area contributed by atoms with Crippen LogP contribution in [0.15, 0.2) is 12.4 Å². The Bertz CT molecular complexity index is 348. The van der Waals surface area contributed by atoms with E-state index in [0.29, 0.717) is 5.92 Å². The summed E-state index contributed by atoms with van der Waals surface area (Å²) in [5.41, 5.74) is 3.12. The van der Waals surface area contributed by atoms with Gasteiger partial charge in [-0.3, -0.25) is 4.98 Å². The number of aromatic nitrogens is 1. The molecule has 0 radical (unpaired) electrons. The molecule has 14 heavy (non-hydrogen) atoms. The largest absolute Gasteiger partial charge is 0.263 e. The van der Waals surface area contributed by atoms with E-state index >= 15 is 0 Å². The summed E-state index contributed by atoms with van der Waals surface area (Å²) in [7, 11) is 0. The first kappa shape index (κ1) is 10.7. The van der Waals surface area contributed by atoms with Gasteiger partial charge in [0.1, 0.15) is 6.07 Å². The van der Waals surface area contributed by atoms with Gasteiger partial charge in [-0.2, -0.15) is 5.26 Å². The number of rotatable bonds is 3. The van der Waals surface area contributed by atoms with Crippen molar-refractivity contribution in [3.63, 3.8) is 0 Å². The second-order valence-corrected chi connectivity index (χ2v) is 3.78. The SMILES string of the molecule is CCCc1cncc(C#N)c1C(C)C. The molecule has 1 rings (SSSR count). The topological polar surface area (TPSA) is 36.7 Å². The van der Waals surface area contributed by atoms with Crippen LogP contribution in [0.25, 0.3) is 0 Å². The van der Waals surface area contributed by atoms with E-state index in [4.69, 9.17) is 5.26 Å². The molecular formula is C12H16N2. The van der Waals surface area contributed by atoms with E-state index in [-0.39, 0.29) is 0 Å². The van der Waals surface area contributed by atoms with Gasteiger partial charge in [-0.1, -0.05) is 27.2 Å². The third-order valence-electron chi connectivity index (χ3n) is 2.29. The van der Waals surface area contributed by atoms with Crippen LogP contribution in [0.3, 0.4) is 0 Å². The monoisotopic (exact) mass is 188 g/mol. The summed E-state index contributed by atoms with van der Waals surface area (Å²) in [6.07, 6.45) is 5.65. The first-order valence-corrected chi connectivity index (χ1v) is 5.07. The average Bonchev–Trinajstić information content (AvgIpc) is 2.17. The number of pyridine rings is 1. The van der Waals surface area contributed by atoms with Crippen LogP contribution in [-0.4, -0.2) is 4.98 Å². The molecule has 0 aliphatic carbocycles. The highest BCUT2D eigenvalue weighted by atomic mass is 14.6. The van der Waals surface area contributed by atoms with E-state index in [1.54, 1.807) is 6.20 Å². The molecule has 0 aromatic carbocycles. The third-order valence-corrected chi connectivity index (χ3v) is 2.29. The fourth-order valence-corrected chi connectivity index (χ4v) is 1.75. The normalized spacial score (nSPS) is 10.2. The van der Waals surface area contributed by atoms with Crippen molar-refractivity contribution in [1.82, 2.24) is 4.98 Å². The summed E-state index contributed by atoms with van der Waals surface area (Å²) in [5, 5.41) is 8.97. The van der Waals surface area contributed by atoms with E-state index in [0.717, 1.165) is 18.4 Å². The second kappa shape index (κ2) is 4.76.